The van der Waals surface area contributed by atoms with Crippen molar-refractivity contribution < 1.29 is 14.3 Å². The first-order valence-corrected chi connectivity index (χ1v) is 8.47. The molecule has 24 heavy (non-hydrogen) atoms. The molecule has 1 aromatic rings. The summed E-state index contributed by atoms with van der Waals surface area (Å²) < 4.78 is 5.27. The standard InChI is InChI=1S/C19H28N2O3/c1-13-7-8-15(21-17(23)24-18(2,3)4)14(11-13)16(22)20-12-19(5)9-6-10-19/h7-8,11H,6,9-10,12H2,1-5H3,(H,20,22)(H,21,23). The summed E-state index contributed by atoms with van der Waals surface area (Å²) in [6.45, 7) is 10.2. The van der Waals surface area contributed by atoms with E-state index in [4.69, 9.17) is 4.74 Å². The molecule has 1 aliphatic carbocycles. The second-order valence-corrected chi connectivity index (χ2v) is 8.02. The highest BCUT2D eigenvalue weighted by molar-refractivity contribution is 6.02. The van der Waals surface area contributed by atoms with E-state index in [1.807, 2.05) is 13.0 Å². The molecule has 0 aliphatic heterocycles. The second-order valence-electron chi connectivity index (χ2n) is 8.02. The van der Waals surface area contributed by atoms with Crippen molar-refractivity contribution in [3.8, 4) is 0 Å². The lowest BCUT2D eigenvalue weighted by molar-refractivity contribution is 0.0636. The van der Waals surface area contributed by atoms with Crippen LogP contribution in [-0.4, -0.2) is 24.1 Å². The van der Waals surface area contributed by atoms with Crippen molar-refractivity contribution in [1.29, 1.82) is 0 Å². The fourth-order valence-corrected chi connectivity index (χ4v) is 2.71. The van der Waals surface area contributed by atoms with E-state index in [2.05, 4.69) is 17.6 Å². The van der Waals surface area contributed by atoms with Gasteiger partial charge in [0.25, 0.3) is 5.91 Å². The van der Waals surface area contributed by atoms with Gasteiger partial charge in [-0.1, -0.05) is 25.0 Å². The van der Waals surface area contributed by atoms with Crippen LogP contribution < -0.4 is 10.6 Å². The molecule has 0 saturated heterocycles. The smallest absolute Gasteiger partial charge is 0.412 e. The molecule has 0 heterocycles. The van der Waals surface area contributed by atoms with Gasteiger partial charge in [0.15, 0.2) is 0 Å². The van der Waals surface area contributed by atoms with Crippen LogP contribution in [0.15, 0.2) is 18.2 Å². The number of ether oxygens (including phenoxy) is 1. The van der Waals surface area contributed by atoms with Crippen LogP contribution in [0.4, 0.5) is 10.5 Å². The zero-order valence-corrected chi connectivity index (χ0v) is 15.3. The minimum Gasteiger partial charge on any atom is -0.444 e. The van der Waals surface area contributed by atoms with Crippen LogP contribution in [0.1, 0.15) is 62.9 Å². The molecule has 5 nitrogen and oxygen atoms in total. The average molecular weight is 332 g/mol. The van der Waals surface area contributed by atoms with Crippen LogP contribution in [0.2, 0.25) is 0 Å². The number of benzene rings is 1. The predicted molar refractivity (Wildman–Crippen MR) is 95.3 cm³/mol. The number of carbonyl (C=O) groups is 2. The molecule has 1 aliphatic rings. The fourth-order valence-electron chi connectivity index (χ4n) is 2.71. The summed E-state index contributed by atoms with van der Waals surface area (Å²) in [6.07, 6.45) is 2.95. The van der Waals surface area contributed by atoms with Gasteiger partial charge in [0.05, 0.1) is 11.3 Å². The molecule has 2 rings (SSSR count). The number of aryl methyl sites for hydroxylation is 1. The third-order valence-corrected chi connectivity index (χ3v) is 4.29. The summed E-state index contributed by atoms with van der Waals surface area (Å²) in [7, 11) is 0. The molecule has 2 N–H and O–H groups in total. The minimum atomic E-state index is -0.587. The molecule has 0 bridgehead atoms. The van der Waals surface area contributed by atoms with Gasteiger partial charge in [-0.05, 0) is 58.1 Å². The summed E-state index contributed by atoms with van der Waals surface area (Å²) in [5.74, 6) is -0.169. The largest absolute Gasteiger partial charge is 0.444 e. The summed E-state index contributed by atoms with van der Waals surface area (Å²) in [6, 6.07) is 5.38. The Labute approximate surface area is 144 Å². The van der Waals surface area contributed by atoms with E-state index in [1.54, 1.807) is 32.9 Å². The van der Waals surface area contributed by atoms with Gasteiger partial charge in [0, 0.05) is 6.54 Å². The van der Waals surface area contributed by atoms with E-state index in [9.17, 15) is 9.59 Å². The molecule has 2 amide bonds. The quantitative estimate of drug-likeness (QED) is 0.865. The lowest BCUT2D eigenvalue weighted by atomic mass is 9.70. The normalized spacial score (nSPS) is 16.0. The Morgan fingerprint density at radius 2 is 1.92 bits per heavy atom. The van der Waals surface area contributed by atoms with Gasteiger partial charge in [0.2, 0.25) is 0 Å². The maximum absolute atomic E-state index is 12.6. The number of nitrogens with one attached hydrogen (secondary N) is 2. The van der Waals surface area contributed by atoms with Gasteiger partial charge in [-0.2, -0.15) is 0 Å². The summed E-state index contributed by atoms with van der Waals surface area (Å²) in [5.41, 5.74) is 1.51. The van der Waals surface area contributed by atoms with Crippen LogP contribution in [0.3, 0.4) is 0 Å². The SMILES string of the molecule is Cc1ccc(NC(=O)OC(C)(C)C)c(C(=O)NCC2(C)CCC2)c1. The Balaban J connectivity index is 2.08. The number of amides is 2. The van der Waals surface area contributed by atoms with Crippen LogP contribution in [0, 0.1) is 12.3 Å². The first-order chi connectivity index (χ1) is 11.1. The molecule has 0 radical (unpaired) electrons. The molecule has 0 aromatic heterocycles. The molecule has 0 atom stereocenters. The highest BCUT2D eigenvalue weighted by Crippen LogP contribution is 2.39. The predicted octanol–water partition coefficient (Wildman–Crippen LogP) is 4.26. The van der Waals surface area contributed by atoms with Gasteiger partial charge in [-0.25, -0.2) is 4.79 Å². The highest BCUT2D eigenvalue weighted by atomic mass is 16.6. The molecule has 1 aromatic carbocycles. The number of hydrogen-bond acceptors (Lipinski definition) is 3. The molecule has 1 fully saturated rings. The number of anilines is 1. The molecule has 5 heteroatoms. The van der Waals surface area contributed by atoms with E-state index in [0.717, 1.165) is 18.4 Å². The Bertz CT molecular complexity index is 628. The van der Waals surface area contributed by atoms with Gasteiger partial charge in [-0.15, -0.1) is 0 Å². The topological polar surface area (TPSA) is 67.4 Å². The van der Waals surface area contributed by atoms with E-state index < -0.39 is 11.7 Å². The first kappa shape index (κ1) is 18.3. The van der Waals surface area contributed by atoms with E-state index in [1.165, 1.54) is 6.42 Å². The molecule has 132 valence electrons. The van der Waals surface area contributed by atoms with E-state index in [0.29, 0.717) is 17.8 Å². The summed E-state index contributed by atoms with van der Waals surface area (Å²) in [5, 5.41) is 5.68. The number of hydrogen-bond donors (Lipinski definition) is 2. The first-order valence-electron chi connectivity index (χ1n) is 8.47. The fraction of sp³-hybridized carbons (Fsp3) is 0.579. The van der Waals surface area contributed by atoms with Crippen molar-refractivity contribution in [2.24, 2.45) is 5.41 Å². The molecule has 0 spiro atoms. The second kappa shape index (κ2) is 6.83. The maximum atomic E-state index is 12.6. The Kier molecular flexibility index (Phi) is 5.21. The summed E-state index contributed by atoms with van der Waals surface area (Å²) >= 11 is 0. The monoisotopic (exact) mass is 332 g/mol. The van der Waals surface area contributed by atoms with Gasteiger partial charge in [0.1, 0.15) is 5.60 Å². The van der Waals surface area contributed by atoms with Crippen molar-refractivity contribution in [1.82, 2.24) is 5.32 Å². The van der Waals surface area contributed by atoms with Gasteiger partial charge in [-0.3, -0.25) is 10.1 Å². The van der Waals surface area contributed by atoms with Crippen molar-refractivity contribution in [3.63, 3.8) is 0 Å². The molecule has 0 unspecified atom stereocenters. The molecular weight excluding hydrogens is 304 g/mol. The Morgan fingerprint density at radius 3 is 2.46 bits per heavy atom. The van der Waals surface area contributed by atoms with Crippen molar-refractivity contribution >= 4 is 17.7 Å². The third kappa shape index (κ3) is 4.98. The third-order valence-electron chi connectivity index (χ3n) is 4.29. The van der Waals surface area contributed by atoms with Crippen molar-refractivity contribution in [2.75, 3.05) is 11.9 Å². The van der Waals surface area contributed by atoms with E-state index >= 15 is 0 Å². The van der Waals surface area contributed by atoms with Crippen LogP contribution in [-0.2, 0) is 4.74 Å². The van der Waals surface area contributed by atoms with E-state index in [-0.39, 0.29) is 11.3 Å². The Morgan fingerprint density at radius 1 is 1.25 bits per heavy atom. The minimum absolute atomic E-state index is 0.169. The lowest BCUT2D eigenvalue weighted by Crippen LogP contribution is -2.40. The molecular formula is C19H28N2O3. The van der Waals surface area contributed by atoms with Crippen LogP contribution in [0.25, 0.3) is 0 Å². The Hall–Kier alpha value is -2.04. The number of rotatable bonds is 4. The average Bonchev–Trinajstić information content (AvgIpc) is 2.42. The number of carbonyl (C=O) groups excluding carboxylic acids is 2. The lowest BCUT2D eigenvalue weighted by Gasteiger charge is -2.38. The van der Waals surface area contributed by atoms with Crippen LogP contribution in [0.5, 0.6) is 0 Å². The zero-order valence-electron chi connectivity index (χ0n) is 15.3. The zero-order chi connectivity index (χ0) is 18.0. The van der Waals surface area contributed by atoms with Gasteiger partial charge < -0.3 is 10.1 Å². The van der Waals surface area contributed by atoms with Crippen molar-refractivity contribution in [3.05, 3.63) is 29.3 Å². The molecule has 1 saturated carbocycles. The maximum Gasteiger partial charge on any atom is 0.412 e. The van der Waals surface area contributed by atoms with Crippen LogP contribution >= 0.6 is 0 Å². The summed E-state index contributed by atoms with van der Waals surface area (Å²) in [4.78, 5) is 24.6. The van der Waals surface area contributed by atoms with Crippen molar-refractivity contribution in [2.45, 2.75) is 59.5 Å². The van der Waals surface area contributed by atoms with Gasteiger partial charge >= 0.3 is 6.09 Å². The highest BCUT2D eigenvalue weighted by Gasteiger charge is 2.32.